The third-order valence-electron chi connectivity index (χ3n) is 7.37. The molecule has 2 unspecified atom stereocenters. The van der Waals surface area contributed by atoms with E-state index >= 15 is 0 Å². The maximum atomic E-state index is 12.5. The molecule has 0 aromatic rings. The second-order valence-electron chi connectivity index (χ2n) is 12.0. The second kappa shape index (κ2) is 31.9. The molecule has 0 radical (unpaired) electrons. The van der Waals surface area contributed by atoms with Gasteiger partial charge >= 0.3 is 25.7 Å². The van der Waals surface area contributed by atoms with E-state index in [0.29, 0.717) is 12.8 Å². The van der Waals surface area contributed by atoms with Gasteiger partial charge < -0.3 is 25.2 Å². The van der Waals surface area contributed by atoms with Crippen LogP contribution in [0.2, 0.25) is 0 Å². The van der Waals surface area contributed by atoms with E-state index < -0.39 is 51.1 Å². The number of phosphoric ester groups is 1. The van der Waals surface area contributed by atoms with Crippen LogP contribution >= 0.6 is 7.82 Å². The number of hydrogen-bond donors (Lipinski definition) is 3. The van der Waals surface area contributed by atoms with Crippen LogP contribution in [-0.2, 0) is 37.5 Å². The zero-order valence-corrected chi connectivity index (χ0v) is 30.5. The zero-order chi connectivity index (χ0) is 35.7. The van der Waals surface area contributed by atoms with Crippen molar-refractivity contribution in [1.29, 1.82) is 0 Å². The van der Waals surface area contributed by atoms with Crippen molar-refractivity contribution in [2.45, 2.75) is 154 Å². The molecule has 0 heterocycles. The summed E-state index contributed by atoms with van der Waals surface area (Å²) in [4.78, 5) is 45.6. The largest absolute Gasteiger partial charge is 0.480 e. The van der Waals surface area contributed by atoms with Crippen LogP contribution in [0.25, 0.3) is 0 Å². The lowest BCUT2D eigenvalue weighted by Crippen LogP contribution is -2.34. The first-order chi connectivity index (χ1) is 23.1. The van der Waals surface area contributed by atoms with Crippen LogP contribution in [0.3, 0.4) is 0 Å². The van der Waals surface area contributed by atoms with Gasteiger partial charge in [-0.15, -0.1) is 0 Å². The molecular weight excluding hydrogens is 637 g/mol. The first-order valence-corrected chi connectivity index (χ1v) is 19.5. The molecule has 0 rings (SSSR count). The molecule has 278 valence electrons. The smallest absolute Gasteiger partial charge is 0.472 e. The van der Waals surface area contributed by atoms with Gasteiger partial charge in [0.05, 0.1) is 13.2 Å². The first-order valence-electron chi connectivity index (χ1n) is 18.0. The Hall–Kier alpha value is -2.30. The molecule has 3 atom stereocenters. The molecule has 11 nitrogen and oxygen atoms in total. The van der Waals surface area contributed by atoms with Gasteiger partial charge in [-0.25, -0.2) is 4.57 Å². The number of ether oxygens (including phenoxy) is 2. The third-order valence-corrected chi connectivity index (χ3v) is 8.32. The number of unbranched alkanes of at least 4 members (excludes halogenated alkanes) is 13. The topological polar surface area (TPSA) is 172 Å². The Morgan fingerprint density at radius 1 is 0.646 bits per heavy atom. The molecule has 0 fully saturated rings. The van der Waals surface area contributed by atoms with Gasteiger partial charge in [0.15, 0.2) is 6.10 Å². The number of nitrogens with two attached hydrogens (primary N) is 1. The van der Waals surface area contributed by atoms with Crippen LogP contribution in [0, 0.1) is 0 Å². The minimum absolute atomic E-state index is 0.0533. The average molecular weight is 702 g/mol. The highest BCUT2D eigenvalue weighted by molar-refractivity contribution is 7.47. The van der Waals surface area contributed by atoms with E-state index in [1.807, 2.05) is 12.2 Å². The molecule has 48 heavy (non-hydrogen) atoms. The fourth-order valence-electron chi connectivity index (χ4n) is 4.45. The molecule has 0 aromatic heterocycles. The van der Waals surface area contributed by atoms with Gasteiger partial charge in [0.1, 0.15) is 12.6 Å². The van der Waals surface area contributed by atoms with Gasteiger partial charge in [0.2, 0.25) is 0 Å². The first kappa shape index (κ1) is 45.7. The monoisotopic (exact) mass is 701 g/mol. The van der Waals surface area contributed by atoms with Gasteiger partial charge in [0, 0.05) is 12.8 Å². The summed E-state index contributed by atoms with van der Waals surface area (Å²) in [7, 11) is -4.72. The predicted octanol–water partition coefficient (Wildman–Crippen LogP) is 8.50. The quantitative estimate of drug-likeness (QED) is 0.0259. The molecule has 0 saturated heterocycles. The Morgan fingerprint density at radius 3 is 1.79 bits per heavy atom. The molecule has 0 aliphatic rings. The second-order valence-corrected chi connectivity index (χ2v) is 13.4. The summed E-state index contributed by atoms with van der Waals surface area (Å²) < 4.78 is 32.4. The van der Waals surface area contributed by atoms with Crippen LogP contribution in [0.1, 0.15) is 142 Å². The summed E-state index contributed by atoms with van der Waals surface area (Å²) in [5.74, 6) is -2.48. The molecule has 12 heteroatoms. The van der Waals surface area contributed by atoms with Gasteiger partial charge in [-0.05, 0) is 51.4 Å². The summed E-state index contributed by atoms with van der Waals surface area (Å²) in [5, 5.41) is 8.84. The standard InChI is InChI=1S/C36H64NO10P/c1-3-5-7-9-11-13-15-16-18-20-22-24-26-28-35(39)47-32(30-45-48(42,43)46-31-33(37)36(40)41)29-44-34(38)27-25-23-21-19-17-14-12-10-8-6-4-2/h10,12,16,18,22,24,32-33H,3-9,11,13-15,17,19-21,23,25-31,37H2,1-2H3,(H,40,41)(H,42,43)/b12-10+,18-16+,24-22+/t32?,33-/m0/s1. The molecule has 0 bridgehead atoms. The Kier molecular flexibility index (Phi) is 30.4. The van der Waals surface area contributed by atoms with Crippen molar-refractivity contribution in [2.24, 2.45) is 5.73 Å². The van der Waals surface area contributed by atoms with Crippen molar-refractivity contribution in [1.82, 2.24) is 0 Å². The van der Waals surface area contributed by atoms with Crippen molar-refractivity contribution >= 4 is 25.7 Å². The van der Waals surface area contributed by atoms with E-state index in [1.54, 1.807) is 0 Å². The molecule has 0 spiro atoms. The highest BCUT2D eigenvalue weighted by Gasteiger charge is 2.28. The number of rotatable bonds is 33. The Balaban J connectivity index is 4.59. The number of carbonyl (C=O) groups is 3. The SMILES string of the molecule is CCCC/C=C/CCCCCCCC(=O)OCC(COP(=O)(O)OC[C@H](N)C(=O)O)OC(=O)CC/C=C/C/C=C/CCCCCCCC. The van der Waals surface area contributed by atoms with Crippen molar-refractivity contribution in [3.63, 3.8) is 0 Å². The Morgan fingerprint density at radius 2 is 1.17 bits per heavy atom. The molecule has 0 aliphatic carbocycles. The van der Waals surface area contributed by atoms with Gasteiger partial charge in [-0.1, -0.05) is 115 Å². The average Bonchev–Trinajstić information content (AvgIpc) is 3.05. The molecule has 0 amide bonds. The summed E-state index contributed by atoms with van der Waals surface area (Å²) >= 11 is 0. The van der Waals surface area contributed by atoms with E-state index in [2.05, 4.69) is 42.7 Å². The van der Waals surface area contributed by atoms with E-state index in [0.717, 1.165) is 51.4 Å². The summed E-state index contributed by atoms with van der Waals surface area (Å²) in [6.07, 6.45) is 31.0. The predicted molar refractivity (Wildman–Crippen MR) is 189 cm³/mol. The van der Waals surface area contributed by atoms with E-state index in [4.69, 9.17) is 24.8 Å². The molecule has 4 N–H and O–H groups in total. The van der Waals surface area contributed by atoms with Gasteiger partial charge in [0.25, 0.3) is 0 Å². The maximum Gasteiger partial charge on any atom is 0.472 e. The van der Waals surface area contributed by atoms with Crippen LogP contribution < -0.4 is 5.73 Å². The van der Waals surface area contributed by atoms with E-state index in [-0.39, 0.29) is 19.4 Å². The van der Waals surface area contributed by atoms with Crippen molar-refractivity contribution in [2.75, 3.05) is 19.8 Å². The minimum Gasteiger partial charge on any atom is -0.480 e. The fraction of sp³-hybridized carbons (Fsp3) is 0.750. The number of carbonyl (C=O) groups excluding carboxylic acids is 2. The van der Waals surface area contributed by atoms with E-state index in [9.17, 15) is 23.8 Å². The molecular formula is C36H64NO10P. The lowest BCUT2D eigenvalue weighted by molar-refractivity contribution is -0.161. The fourth-order valence-corrected chi connectivity index (χ4v) is 5.23. The maximum absolute atomic E-state index is 12.5. The number of phosphoric acid groups is 1. The Labute approximate surface area is 289 Å². The number of carboxylic acid groups (broad SMARTS) is 1. The number of hydrogen-bond acceptors (Lipinski definition) is 9. The number of esters is 2. The molecule has 0 saturated carbocycles. The Bertz CT molecular complexity index is 968. The number of aliphatic carboxylic acids is 1. The van der Waals surface area contributed by atoms with Crippen molar-refractivity contribution < 1.29 is 47.5 Å². The lowest BCUT2D eigenvalue weighted by atomic mass is 10.1. The van der Waals surface area contributed by atoms with Crippen LogP contribution in [0.5, 0.6) is 0 Å². The minimum atomic E-state index is -4.72. The van der Waals surface area contributed by atoms with Crippen LogP contribution in [0.15, 0.2) is 36.5 Å². The van der Waals surface area contributed by atoms with Crippen LogP contribution in [0.4, 0.5) is 0 Å². The normalized spacial score (nSPS) is 14.4. The highest BCUT2D eigenvalue weighted by atomic mass is 31.2. The van der Waals surface area contributed by atoms with Gasteiger partial charge in [-0.3, -0.25) is 23.4 Å². The zero-order valence-electron chi connectivity index (χ0n) is 29.6. The third kappa shape index (κ3) is 31.0. The van der Waals surface area contributed by atoms with Crippen molar-refractivity contribution in [3.8, 4) is 0 Å². The highest BCUT2D eigenvalue weighted by Crippen LogP contribution is 2.43. The van der Waals surface area contributed by atoms with Crippen molar-refractivity contribution in [3.05, 3.63) is 36.5 Å². The number of allylic oxidation sites excluding steroid dienone is 6. The van der Waals surface area contributed by atoms with E-state index in [1.165, 1.54) is 51.4 Å². The summed E-state index contributed by atoms with van der Waals surface area (Å²) in [5.41, 5.74) is 5.30. The molecule has 0 aromatic carbocycles. The van der Waals surface area contributed by atoms with Crippen LogP contribution in [-0.4, -0.2) is 59.9 Å². The number of carboxylic acids is 1. The lowest BCUT2D eigenvalue weighted by Gasteiger charge is -2.20. The summed E-state index contributed by atoms with van der Waals surface area (Å²) in [6, 6.07) is -1.53. The summed E-state index contributed by atoms with van der Waals surface area (Å²) in [6.45, 7) is 2.65. The molecule has 0 aliphatic heterocycles. The van der Waals surface area contributed by atoms with Gasteiger partial charge in [-0.2, -0.15) is 0 Å².